The van der Waals surface area contributed by atoms with Crippen molar-refractivity contribution >= 4 is 32.8 Å². The molecular formula is C18H12BrN3O3. The second-order valence-electron chi connectivity index (χ2n) is 5.35. The molecule has 1 N–H and O–H groups in total. The first kappa shape index (κ1) is 15.6. The minimum atomic E-state index is -0.341. The molecule has 2 aromatic carbocycles. The summed E-state index contributed by atoms with van der Waals surface area (Å²) in [5.74, 6) is 0.701. The summed E-state index contributed by atoms with van der Waals surface area (Å²) in [6.07, 6.45) is 0. The van der Waals surface area contributed by atoms with Crippen molar-refractivity contribution < 1.29 is 13.7 Å². The first-order chi connectivity index (χ1) is 12.2. The summed E-state index contributed by atoms with van der Waals surface area (Å²) < 4.78 is 11.6. The van der Waals surface area contributed by atoms with Crippen molar-refractivity contribution in [2.75, 3.05) is 0 Å². The van der Waals surface area contributed by atoms with E-state index in [4.69, 9.17) is 8.94 Å². The lowest BCUT2D eigenvalue weighted by atomic mass is 10.2. The highest BCUT2D eigenvalue weighted by molar-refractivity contribution is 9.10. The summed E-state index contributed by atoms with van der Waals surface area (Å²) >= 11 is 3.39. The lowest BCUT2D eigenvalue weighted by molar-refractivity contribution is 0.0920. The molecule has 0 unspecified atom stereocenters. The van der Waals surface area contributed by atoms with Crippen molar-refractivity contribution in [1.29, 1.82) is 0 Å². The molecule has 1 amide bonds. The minimum absolute atomic E-state index is 0.124. The molecule has 0 aliphatic heterocycles. The number of rotatable bonds is 4. The summed E-state index contributed by atoms with van der Waals surface area (Å²) in [4.78, 5) is 16.5. The molecule has 4 rings (SSSR count). The molecule has 6 nitrogen and oxygen atoms in total. The normalized spacial score (nSPS) is 10.9. The van der Waals surface area contributed by atoms with Gasteiger partial charge in [-0.1, -0.05) is 51.4 Å². The monoisotopic (exact) mass is 397 g/mol. The summed E-state index contributed by atoms with van der Waals surface area (Å²) in [7, 11) is 0. The Morgan fingerprint density at radius 1 is 1.12 bits per heavy atom. The van der Waals surface area contributed by atoms with Crippen molar-refractivity contribution in [2.45, 2.75) is 6.54 Å². The highest BCUT2D eigenvalue weighted by atomic mass is 79.9. The molecule has 25 heavy (non-hydrogen) atoms. The Labute approximate surface area is 151 Å². The van der Waals surface area contributed by atoms with Crippen LogP contribution in [-0.2, 0) is 6.54 Å². The molecule has 0 aliphatic carbocycles. The van der Waals surface area contributed by atoms with Gasteiger partial charge in [0.1, 0.15) is 5.58 Å². The predicted molar refractivity (Wildman–Crippen MR) is 94.8 cm³/mol. The van der Waals surface area contributed by atoms with Crippen LogP contribution in [0.25, 0.3) is 22.4 Å². The van der Waals surface area contributed by atoms with Crippen LogP contribution in [0.2, 0.25) is 0 Å². The van der Waals surface area contributed by atoms with Crippen LogP contribution in [0.4, 0.5) is 0 Å². The molecule has 0 radical (unpaired) electrons. The van der Waals surface area contributed by atoms with E-state index in [2.05, 4.69) is 31.4 Å². The van der Waals surface area contributed by atoms with Gasteiger partial charge in [0.05, 0.1) is 6.54 Å². The molecule has 0 fully saturated rings. The van der Waals surface area contributed by atoms with E-state index >= 15 is 0 Å². The predicted octanol–water partition coefficient (Wildman–Crippen LogP) is 4.18. The molecule has 0 spiro atoms. The van der Waals surface area contributed by atoms with Gasteiger partial charge in [0.25, 0.3) is 5.91 Å². The first-order valence-electron chi connectivity index (χ1n) is 7.54. The van der Waals surface area contributed by atoms with Crippen LogP contribution in [0.5, 0.6) is 0 Å². The van der Waals surface area contributed by atoms with Crippen LogP contribution < -0.4 is 5.32 Å². The number of fused-ring (bicyclic) bond motifs is 1. The zero-order valence-electron chi connectivity index (χ0n) is 12.9. The van der Waals surface area contributed by atoms with Crippen LogP contribution in [-0.4, -0.2) is 16.0 Å². The molecule has 7 heteroatoms. The largest absolute Gasteiger partial charge is 0.451 e. The first-order valence-corrected chi connectivity index (χ1v) is 8.34. The number of carbonyl (C=O) groups excluding carboxylic acids is 1. The van der Waals surface area contributed by atoms with Gasteiger partial charge in [-0.05, 0) is 24.3 Å². The molecule has 0 bridgehead atoms. The van der Waals surface area contributed by atoms with Crippen LogP contribution in [0.3, 0.4) is 0 Å². The number of amides is 1. The number of carbonyl (C=O) groups is 1. The highest BCUT2D eigenvalue weighted by Gasteiger charge is 2.14. The molecule has 2 heterocycles. The number of nitrogens with one attached hydrogen (secondary N) is 1. The van der Waals surface area contributed by atoms with Gasteiger partial charge in [-0.25, -0.2) is 0 Å². The third kappa shape index (κ3) is 3.32. The molecule has 0 aliphatic rings. The highest BCUT2D eigenvalue weighted by Crippen LogP contribution is 2.23. The average molecular weight is 398 g/mol. The van der Waals surface area contributed by atoms with Crippen molar-refractivity contribution in [3.8, 4) is 11.4 Å². The SMILES string of the molecule is O=C(NCc1nc(-c2ccccc2)no1)c1cc2cc(Br)ccc2o1. The Kier molecular flexibility index (Phi) is 4.07. The zero-order chi connectivity index (χ0) is 17.2. The van der Waals surface area contributed by atoms with Gasteiger partial charge in [0, 0.05) is 15.4 Å². The van der Waals surface area contributed by atoms with Crippen LogP contribution in [0.15, 0.2) is 68.0 Å². The van der Waals surface area contributed by atoms with E-state index < -0.39 is 0 Å². The Morgan fingerprint density at radius 2 is 1.96 bits per heavy atom. The second kappa shape index (κ2) is 6.52. The number of hydrogen-bond donors (Lipinski definition) is 1. The van der Waals surface area contributed by atoms with Crippen molar-refractivity contribution in [2.24, 2.45) is 0 Å². The molecular weight excluding hydrogens is 386 g/mol. The number of hydrogen-bond acceptors (Lipinski definition) is 5. The Balaban J connectivity index is 1.45. The second-order valence-corrected chi connectivity index (χ2v) is 6.27. The van der Waals surface area contributed by atoms with E-state index in [1.165, 1.54) is 0 Å². The van der Waals surface area contributed by atoms with E-state index in [0.717, 1.165) is 15.4 Å². The average Bonchev–Trinajstić information content (AvgIpc) is 3.27. The van der Waals surface area contributed by atoms with Gasteiger partial charge in [-0.2, -0.15) is 4.98 Å². The maximum absolute atomic E-state index is 12.2. The molecule has 4 aromatic rings. The summed E-state index contributed by atoms with van der Waals surface area (Å²) in [5.41, 5.74) is 1.50. The zero-order valence-corrected chi connectivity index (χ0v) is 14.5. The molecule has 0 saturated heterocycles. The summed E-state index contributed by atoms with van der Waals surface area (Å²) in [6.45, 7) is 0.124. The number of halogens is 1. The maximum atomic E-state index is 12.2. The van der Waals surface area contributed by atoms with Gasteiger partial charge in [0.2, 0.25) is 11.7 Å². The Hall–Kier alpha value is -2.93. The van der Waals surface area contributed by atoms with Gasteiger partial charge < -0.3 is 14.3 Å². The van der Waals surface area contributed by atoms with Crippen molar-refractivity contribution in [3.63, 3.8) is 0 Å². The number of furan rings is 1. The van der Waals surface area contributed by atoms with Crippen molar-refractivity contribution in [1.82, 2.24) is 15.5 Å². The van der Waals surface area contributed by atoms with Gasteiger partial charge in [-0.3, -0.25) is 4.79 Å². The Bertz CT molecular complexity index is 1040. The van der Waals surface area contributed by atoms with Crippen LogP contribution in [0, 0.1) is 0 Å². The van der Waals surface area contributed by atoms with Crippen molar-refractivity contribution in [3.05, 3.63) is 70.7 Å². The molecule has 0 saturated carbocycles. The van der Waals surface area contributed by atoms with E-state index in [-0.39, 0.29) is 18.2 Å². The third-order valence-corrected chi connectivity index (χ3v) is 4.10. The summed E-state index contributed by atoms with van der Waals surface area (Å²) in [6, 6.07) is 16.7. The lowest BCUT2D eigenvalue weighted by Gasteiger charge is -1.98. The van der Waals surface area contributed by atoms with E-state index in [1.807, 2.05) is 42.5 Å². The number of benzene rings is 2. The van der Waals surface area contributed by atoms with E-state index in [9.17, 15) is 4.79 Å². The fourth-order valence-electron chi connectivity index (χ4n) is 2.40. The Morgan fingerprint density at radius 3 is 2.80 bits per heavy atom. The minimum Gasteiger partial charge on any atom is -0.451 e. The molecule has 0 atom stereocenters. The molecule has 124 valence electrons. The number of aromatic nitrogens is 2. The fraction of sp³-hybridized carbons (Fsp3) is 0.0556. The van der Waals surface area contributed by atoms with Crippen LogP contribution in [0.1, 0.15) is 16.4 Å². The van der Waals surface area contributed by atoms with Gasteiger partial charge in [-0.15, -0.1) is 0 Å². The topological polar surface area (TPSA) is 81.2 Å². The van der Waals surface area contributed by atoms with E-state index in [1.54, 1.807) is 12.1 Å². The molecule has 2 aromatic heterocycles. The summed E-state index contributed by atoms with van der Waals surface area (Å²) in [5, 5.41) is 7.48. The maximum Gasteiger partial charge on any atom is 0.287 e. The quantitative estimate of drug-likeness (QED) is 0.558. The van der Waals surface area contributed by atoms with Gasteiger partial charge >= 0.3 is 0 Å². The van der Waals surface area contributed by atoms with Gasteiger partial charge in [0.15, 0.2) is 5.76 Å². The standard InChI is InChI=1S/C18H12BrN3O3/c19-13-6-7-14-12(8-13)9-15(24-14)18(23)20-10-16-21-17(22-25-16)11-4-2-1-3-5-11/h1-9H,10H2,(H,20,23). The van der Waals surface area contributed by atoms with E-state index in [0.29, 0.717) is 17.3 Å². The van der Waals surface area contributed by atoms with Crippen LogP contribution >= 0.6 is 15.9 Å². The smallest absolute Gasteiger partial charge is 0.287 e. The fourth-order valence-corrected chi connectivity index (χ4v) is 2.78. The number of nitrogens with zero attached hydrogens (tertiary/aromatic N) is 2. The lowest BCUT2D eigenvalue weighted by Crippen LogP contribution is -2.22. The third-order valence-electron chi connectivity index (χ3n) is 3.60.